The zero-order chi connectivity index (χ0) is 12.8. The van der Waals surface area contributed by atoms with Gasteiger partial charge in [-0.15, -0.1) is 0 Å². The summed E-state index contributed by atoms with van der Waals surface area (Å²) in [7, 11) is -2.84. The number of aliphatic hydroxyl groups excluding tert-OH is 1. The van der Waals surface area contributed by atoms with Crippen LogP contribution in [0.3, 0.4) is 0 Å². The van der Waals surface area contributed by atoms with Gasteiger partial charge in [0.25, 0.3) is 0 Å². The molecular formula is C8H15ClN2O4S. The van der Waals surface area contributed by atoms with Crippen molar-refractivity contribution in [1.82, 2.24) is 0 Å². The van der Waals surface area contributed by atoms with E-state index in [1.54, 1.807) is 0 Å². The molecule has 0 aliphatic heterocycles. The molecule has 0 aromatic rings. The van der Waals surface area contributed by atoms with Crippen LogP contribution in [0, 0.1) is 0 Å². The van der Waals surface area contributed by atoms with Crippen molar-refractivity contribution >= 4 is 21.6 Å². The van der Waals surface area contributed by atoms with Crippen LogP contribution >= 0.6 is 11.6 Å². The lowest BCUT2D eigenvalue weighted by Crippen LogP contribution is -2.67. The standard InChI is InChI=1S/C8H15ClN2O4S/c1-7(16(11,13)14)5(9)3-4-8(10,15-2)6(7)12/h3,6,12H,4,10H2,1-2H3,(H2,11,13,14). The van der Waals surface area contributed by atoms with Crippen LogP contribution in [0.2, 0.25) is 0 Å². The molecule has 0 aromatic carbocycles. The number of hydrogen-bond acceptors (Lipinski definition) is 5. The summed E-state index contributed by atoms with van der Waals surface area (Å²) in [6, 6.07) is 0. The smallest absolute Gasteiger partial charge is 0.222 e. The van der Waals surface area contributed by atoms with Crippen molar-refractivity contribution in [2.45, 2.75) is 29.9 Å². The quantitative estimate of drug-likeness (QED) is 0.570. The Morgan fingerprint density at radius 2 is 2.19 bits per heavy atom. The van der Waals surface area contributed by atoms with Crippen molar-refractivity contribution in [2.75, 3.05) is 7.11 Å². The molecule has 0 spiro atoms. The Bertz CT molecular complexity index is 424. The Hall–Kier alpha value is -0.180. The third-order valence-corrected chi connectivity index (χ3v) is 5.31. The molecule has 3 atom stereocenters. The first-order valence-electron chi connectivity index (χ1n) is 4.50. The maximum absolute atomic E-state index is 11.5. The van der Waals surface area contributed by atoms with Crippen LogP contribution in [-0.4, -0.2) is 37.2 Å². The lowest BCUT2D eigenvalue weighted by Gasteiger charge is -2.44. The van der Waals surface area contributed by atoms with Crippen LogP contribution in [0.4, 0.5) is 0 Å². The van der Waals surface area contributed by atoms with Gasteiger partial charge in [0.1, 0.15) is 16.6 Å². The predicted octanol–water partition coefficient (Wildman–Crippen LogP) is -0.778. The zero-order valence-electron chi connectivity index (χ0n) is 8.97. The average molecular weight is 271 g/mol. The van der Waals surface area contributed by atoms with Gasteiger partial charge in [0, 0.05) is 18.6 Å². The Morgan fingerprint density at radius 1 is 1.69 bits per heavy atom. The normalized spacial score (nSPS) is 40.6. The summed E-state index contributed by atoms with van der Waals surface area (Å²) in [5.74, 6) is 0. The second kappa shape index (κ2) is 3.94. The van der Waals surface area contributed by atoms with Gasteiger partial charge in [-0.05, 0) is 6.92 Å². The first kappa shape index (κ1) is 13.9. The van der Waals surface area contributed by atoms with Crippen molar-refractivity contribution < 1.29 is 18.3 Å². The summed E-state index contributed by atoms with van der Waals surface area (Å²) in [4.78, 5) is 0. The molecule has 94 valence electrons. The molecule has 1 aliphatic carbocycles. The van der Waals surface area contributed by atoms with Crippen LogP contribution in [-0.2, 0) is 14.8 Å². The molecule has 0 saturated heterocycles. The summed E-state index contributed by atoms with van der Waals surface area (Å²) in [6.07, 6.45) is -0.0472. The lowest BCUT2D eigenvalue weighted by molar-refractivity contribution is -0.110. The number of primary sulfonamides is 1. The van der Waals surface area contributed by atoms with Gasteiger partial charge in [0.05, 0.1) is 0 Å². The molecule has 5 N–H and O–H groups in total. The average Bonchev–Trinajstić information content (AvgIpc) is 2.19. The van der Waals surface area contributed by atoms with E-state index >= 15 is 0 Å². The molecule has 0 radical (unpaired) electrons. The number of hydrogen-bond donors (Lipinski definition) is 3. The van der Waals surface area contributed by atoms with Crippen LogP contribution in [0.1, 0.15) is 13.3 Å². The number of aliphatic hydroxyl groups is 1. The Morgan fingerprint density at radius 3 is 2.56 bits per heavy atom. The topological polar surface area (TPSA) is 116 Å². The molecule has 0 fully saturated rings. The molecule has 0 heterocycles. The minimum Gasteiger partial charge on any atom is -0.387 e. The Balaban J connectivity index is 3.40. The summed E-state index contributed by atoms with van der Waals surface area (Å²) < 4.78 is 26.1. The highest BCUT2D eigenvalue weighted by molar-refractivity contribution is 7.90. The maximum atomic E-state index is 11.5. The third-order valence-electron chi connectivity index (χ3n) is 3.03. The first-order valence-corrected chi connectivity index (χ1v) is 6.42. The van der Waals surface area contributed by atoms with Gasteiger partial charge in [0.15, 0.2) is 0 Å². The number of methoxy groups -OCH3 is 1. The van der Waals surface area contributed by atoms with Crippen LogP contribution < -0.4 is 10.9 Å². The fourth-order valence-electron chi connectivity index (χ4n) is 1.65. The van der Waals surface area contributed by atoms with Gasteiger partial charge >= 0.3 is 0 Å². The molecule has 1 rings (SSSR count). The van der Waals surface area contributed by atoms with Crippen LogP contribution in [0.15, 0.2) is 11.1 Å². The third kappa shape index (κ3) is 1.77. The highest BCUT2D eigenvalue weighted by Crippen LogP contribution is 2.41. The highest BCUT2D eigenvalue weighted by atomic mass is 35.5. The summed E-state index contributed by atoms with van der Waals surface area (Å²) in [5, 5.41) is 15.0. The van der Waals surface area contributed by atoms with Gasteiger partial charge in [-0.1, -0.05) is 17.7 Å². The van der Waals surface area contributed by atoms with Crippen molar-refractivity contribution in [2.24, 2.45) is 10.9 Å². The molecule has 1 aliphatic rings. The van der Waals surface area contributed by atoms with Gasteiger partial charge in [-0.2, -0.15) is 0 Å². The van der Waals surface area contributed by atoms with Crippen molar-refractivity contribution in [3.8, 4) is 0 Å². The molecular weight excluding hydrogens is 256 g/mol. The van der Waals surface area contributed by atoms with Crippen molar-refractivity contribution in [3.63, 3.8) is 0 Å². The van der Waals surface area contributed by atoms with E-state index in [1.807, 2.05) is 0 Å². The number of sulfonamides is 1. The van der Waals surface area contributed by atoms with Gasteiger partial charge in [-0.25, -0.2) is 13.6 Å². The first-order chi connectivity index (χ1) is 7.09. The SMILES string of the molecule is COC1(N)CC=C(Cl)C(C)(S(N)(=O)=O)C1O. The molecule has 0 amide bonds. The van der Waals surface area contributed by atoms with E-state index in [0.717, 1.165) is 0 Å². The van der Waals surface area contributed by atoms with Crippen LogP contribution in [0.25, 0.3) is 0 Å². The Kier molecular flexibility index (Phi) is 3.41. The number of rotatable bonds is 2. The number of ether oxygens (including phenoxy) is 1. The molecule has 0 saturated carbocycles. The maximum Gasteiger partial charge on any atom is 0.222 e. The molecule has 3 unspecified atom stereocenters. The second-order valence-corrected chi connectivity index (χ2v) is 6.32. The highest BCUT2D eigenvalue weighted by Gasteiger charge is 2.57. The number of halogens is 1. The van der Waals surface area contributed by atoms with Crippen molar-refractivity contribution in [3.05, 3.63) is 11.1 Å². The van der Waals surface area contributed by atoms with E-state index in [4.69, 9.17) is 27.2 Å². The molecule has 16 heavy (non-hydrogen) atoms. The van der Waals surface area contributed by atoms with E-state index in [-0.39, 0.29) is 11.5 Å². The van der Waals surface area contributed by atoms with E-state index in [1.165, 1.54) is 20.1 Å². The van der Waals surface area contributed by atoms with Gasteiger partial charge in [-0.3, -0.25) is 0 Å². The summed E-state index contributed by atoms with van der Waals surface area (Å²) in [6.45, 7) is 1.21. The van der Waals surface area contributed by atoms with Crippen molar-refractivity contribution in [1.29, 1.82) is 0 Å². The summed E-state index contributed by atoms with van der Waals surface area (Å²) in [5.41, 5.74) is 4.23. The van der Waals surface area contributed by atoms with E-state index in [0.29, 0.717) is 0 Å². The predicted molar refractivity (Wildman–Crippen MR) is 60.0 cm³/mol. The number of nitrogens with two attached hydrogens (primary N) is 2. The molecule has 6 nitrogen and oxygen atoms in total. The van der Waals surface area contributed by atoms with Gasteiger partial charge in [0.2, 0.25) is 10.0 Å². The lowest BCUT2D eigenvalue weighted by atomic mass is 9.86. The minimum absolute atomic E-state index is 0.0550. The zero-order valence-corrected chi connectivity index (χ0v) is 10.5. The molecule has 0 aromatic heterocycles. The van der Waals surface area contributed by atoms with Crippen LogP contribution in [0.5, 0.6) is 0 Å². The van der Waals surface area contributed by atoms with Gasteiger partial charge < -0.3 is 15.6 Å². The van der Waals surface area contributed by atoms with E-state index in [2.05, 4.69) is 0 Å². The monoisotopic (exact) mass is 270 g/mol. The fraction of sp³-hybridized carbons (Fsp3) is 0.750. The summed E-state index contributed by atoms with van der Waals surface area (Å²) >= 11 is 5.82. The van der Waals surface area contributed by atoms with E-state index in [9.17, 15) is 13.5 Å². The largest absolute Gasteiger partial charge is 0.387 e. The molecule has 0 bridgehead atoms. The Labute approximate surface area is 99.3 Å². The fourth-order valence-corrected chi connectivity index (χ4v) is 3.02. The van der Waals surface area contributed by atoms with E-state index < -0.39 is 26.6 Å². The molecule has 8 heteroatoms. The second-order valence-electron chi connectivity index (χ2n) is 3.97. The minimum atomic E-state index is -4.12.